The van der Waals surface area contributed by atoms with E-state index >= 15 is 0 Å². The van der Waals surface area contributed by atoms with Crippen molar-refractivity contribution in [2.75, 3.05) is 46.1 Å². The SMILES string of the molecule is C=C(O)C(C)CC(=O)NCCC(=O)NCCCC(=O)COCCOCCNC(=O)CC. The van der Waals surface area contributed by atoms with Crippen LogP contribution in [0, 0.1) is 5.92 Å². The Labute approximate surface area is 184 Å². The van der Waals surface area contributed by atoms with Crippen LogP contribution >= 0.6 is 0 Å². The van der Waals surface area contributed by atoms with Gasteiger partial charge in [-0.3, -0.25) is 19.2 Å². The number of hydrogen-bond donors (Lipinski definition) is 4. The number of ketones is 1. The van der Waals surface area contributed by atoms with Crippen LogP contribution in [0.1, 0.15) is 46.0 Å². The molecule has 10 heteroatoms. The summed E-state index contributed by atoms with van der Waals surface area (Å²) in [6.07, 6.45) is 1.49. The van der Waals surface area contributed by atoms with Crippen molar-refractivity contribution < 1.29 is 33.8 Å². The molecule has 0 aliphatic carbocycles. The molecule has 0 spiro atoms. The first-order valence-electron chi connectivity index (χ1n) is 10.6. The van der Waals surface area contributed by atoms with E-state index in [2.05, 4.69) is 22.5 Å². The summed E-state index contributed by atoms with van der Waals surface area (Å²) in [7, 11) is 0. The highest BCUT2D eigenvalue weighted by molar-refractivity contribution is 5.80. The Bertz CT molecular complexity index is 581. The summed E-state index contributed by atoms with van der Waals surface area (Å²) in [5, 5.41) is 17.2. The number of hydrogen-bond acceptors (Lipinski definition) is 7. The number of ether oxygens (including phenoxy) is 2. The van der Waals surface area contributed by atoms with Crippen LogP contribution < -0.4 is 16.0 Å². The molecule has 0 bridgehead atoms. The minimum atomic E-state index is -0.331. The van der Waals surface area contributed by atoms with Gasteiger partial charge in [0.05, 0.1) is 25.6 Å². The van der Waals surface area contributed by atoms with E-state index in [4.69, 9.17) is 9.47 Å². The van der Waals surface area contributed by atoms with Crippen molar-refractivity contribution in [3.8, 4) is 0 Å². The van der Waals surface area contributed by atoms with Gasteiger partial charge >= 0.3 is 0 Å². The molecule has 31 heavy (non-hydrogen) atoms. The maximum Gasteiger partial charge on any atom is 0.221 e. The molecule has 0 saturated heterocycles. The van der Waals surface area contributed by atoms with Crippen LogP contribution in [-0.2, 0) is 28.7 Å². The Hall–Kier alpha value is -2.46. The third-order valence-corrected chi connectivity index (χ3v) is 4.21. The largest absolute Gasteiger partial charge is 0.513 e. The van der Waals surface area contributed by atoms with Crippen LogP contribution in [0.5, 0.6) is 0 Å². The van der Waals surface area contributed by atoms with Crippen molar-refractivity contribution in [2.24, 2.45) is 5.92 Å². The molecule has 0 aromatic heterocycles. The predicted octanol–water partition coefficient (Wildman–Crippen LogP) is 0.616. The fourth-order valence-electron chi connectivity index (χ4n) is 2.25. The van der Waals surface area contributed by atoms with E-state index in [0.717, 1.165) is 0 Å². The quantitative estimate of drug-likeness (QED) is 0.169. The third-order valence-electron chi connectivity index (χ3n) is 4.21. The molecule has 0 radical (unpaired) electrons. The average molecular weight is 444 g/mol. The van der Waals surface area contributed by atoms with Gasteiger partial charge in [0, 0.05) is 51.2 Å². The minimum absolute atomic E-state index is 0.00536. The molecular weight excluding hydrogens is 406 g/mol. The molecule has 1 atom stereocenters. The normalized spacial score (nSPS) is 11.4. The van der Waals surface area contributed by atoms with E-state index in [1.165, 1.54) is 0 Å². The summed E-state index contributed by atoms with van der Waals surface area (Å²) in [5.41, 5.74) is 0. The van der Waals surface area contributed by atoms with Crippen LogP contribution in [0.3, 0.4) is 0 Å². The highest BCUT2D eigenvalue weighted by Crippen LogP contribution is 2.08. The molecule has 0 saturated carbocycles. The lowest BCUT2D eigenvalue weighted by Gasteiger charge is -2.10. The van der Waals surface area contributed by atoms with E-state index in [1.807, 2.05) is 0 Å². The smallest absolute Gasteiger partial charge is 0.221 e. The van der Waals surface area contributed by atoms with Gasteiger partial charge in [0.15, 0.2) is 5.78 Å². The van der Waals surface area contributed by atoms with Crippen LogP contribution in [0.25, 0.3) is 0 Å². The second-order valence-corrected chi connectivity index (χ2v) is 7.06. The summed E-state index contributed by atoms with van der Waals surface area (Å²) in [6, 6.07) is 0. The molecule has 1 unspecified atom stereocenters. The van der Waals surface area contributed by atoms with Crippen LogP contribution in [0.2, 0.25) is 0 Å². The summed E-state index contributed by atoms with van der Waals surface area (Å²) < 4.78 is 10.5. The monoisotopic (exact) mass is 443 g/mol. The van der Waals surface area contributed by atoms with Crippen LogP contribution in [0.4, 0.5) is 0 Å². The maximum absolute atomic E-state index is 11.7. The minimum Gasteiger partial charge on any atom is -0.513 e. The standard InChI is InChI=1S/C21H37N3O7/c1-4-19(27)24-10-11-30-12-13-31-15-18(26)6-5-8-22-20(28)7-9-23-21(29)14-16(2)17(3)25/h16,25H,3-15H2,1-2H3,(H,22,28)(H,23,29)(H,24,27). The Kier molecular flexibility index (Phi) is 16.9. The Morgan fingerprint density at radius 3 is 2.19 bits per heavy atom. The summed E-state index contributed by atoms with van der Waals surface area (Å²) in [6.45, 7) is 8.88. The number of allylic oxidation sites excluding steroid dienone is 1. The number of rotatable bonds is 19. The van der Waals surface area contributed by atoms with Gasteiger partial charge < -0.3 is 30.5 Å². The number of carbonyl (C=O) groups is 4. The Morgan fingerprint density at radius 2 is 1.52 bits per heavy atom. The summed E-state index contributed by atoms with van der Waals surface area (Å²) in [5.74, 6) is -0.927. The van der Waals surface area contributed by atoms with Crippen molar-refractivity contribution in [1.29, 1.82) is 0 Å². The van der Waals surface area contributed by atoms with E-state index in [9.17, 15) is 24.3 Å². The van der Waals surface area contributed by atoms with Crippen LogP contribution in [-0.4, -0.2) is 74.7 Å². The van der Waals surface area contributed by atoms with Crippen LogP contribution in [0.15, 0.2) is 12.3 Å². The molecule has 0 rings (SSSR count). The number of aliphatic hydroxyl groups excluding tert-OH is 1. The Balaban J connectivity index is 3.53. The van der Waals surface area contributed by atoms with E-state index in [0.29, 0.717) is 52.2 Å². The topological polar surface area (TPSA) is 143 Å². The molecule has 3 amide bonds. The molecule has 0 aliphatic rings. The zero-order chi connectivity index (χ0) is 23.5. The molecule has 0 aromatic carbocycles. The predicted molar refractivity (Wildman–Crippen MR) is 115 cm³/mol. The van der Waals surface area contributed by atoms with E-state index in [-0.39, 0.29) is 61.2 Å². The van der Waals surface area contributed by atoms with E-state index in [1.54, 1.807) is 13.8 Å². The Morgan fingerprint density at radius 1 is 0.871 bits per heavy atom. The fraction of sp³-hybridized carbons (Fsp3) is 0.714. The zero-order valence-electron chi connectivity index (χ0n) is 18.7. The molecule has 0 heterocycles. The van der Waals surface area contributed by atoms with Gasteiger partial charge in [-0.1, -0.05) is 20.4 Å². The number of amides is 3. The van der Waals surface area contributed by atoms with Gasteiger partial charge in [-0.2, -0.15) is 0 Å². The molecular formula is C21H37N3O7. The second-order valence-electron chi connectivity index (χ2n) is 7.06. The molecule has 4 N–H and O–H groups in total. The van der Waals surface area contributed by atoms with Crippen molar-refractivity contribution in [1.82, 2.24) is 16.0 Å². The third kappa shape index (κ3) is 18.1. The van der Waals surface area contributed by atoms with Crippen molar-refractivity contribution in [3.05, 3.63) is 12.3 Å². The number of nitrogens with one attached hydrogen (secondary N) is 3. The maximum atomic E-state index is 11.7. The van der Waals surface area contributed by atoms with Gasteiger partial charge in [0.2, 0.25) is 17.7 Å². The molecule has 0 fully saturated rings. The first-order chi connectivity index (χ1) is 14.8. The zero-order valence-corrected chi connectivity index (χ0v) is 18.7. The number of Topliss-reactive ketones (excluding diaryl/α,β-unsaturated/α-hetero) is 1. The summed E-state index contributed by atoms with van der Waals surface area (Å²) in [4.78, 5) is 46.1. The van der Waals surface area contributed by atoms with E-state index < -0.39 is 0 Å². The molecule has 0 aliphatic heterocycles. The molecule has 10 nitrogen and oxygen atoms in total. The lowest BCUT2D eigenvalue weighted by molar-refractivity contribution is -0.125. The highest BCUT2D eigenvalue weighted by atomic mass is 16.5. The molecule has 0 aromatic rings. The number of aliphatic hydroxyl groups is 1. The second kappa shape index (κ2) is 18.3. The lowest BCUT2D eigenvalue weighted by Crippen LogP contribution is -2.32. The van der Waals surface area contributed by atoms with Crippen molar-refractivity contribution in [3.63, 3.8) is 0 Å². The van der Waals surface area contributed by atoms with Crippen molar-refractivity contribution >= 4 is 23.5 Å². The highest BCUT2D eigenvalue weighted by Gasteiger charge is 2.11. The summed E-state index contributed by atoms with van der Waals surface area (Å²) >= 11 is 0. The molecule has 178 valence electrons. The van der Waals surface area contributed by atoms with Gasteiger partial charge in [-0.15, -0.1) is 0 Å². The van der Waals surface area contributed by atoms with Gasteiger partial charge in [0.1, 0.15) is 6.61 Å². The fourth-order valence-corrected chi connectivity index (χ4v) is 2.25. The lowest BCUT2D eigenvalue weighted by atomic mass is 10.1. The average Bonchev–Trinajstić information content (AvgIpc) is 2.72. The van der Waals surface area contributed by atoms with Gasteiger partial charge in [-0.05, 0) is 6.42 Å². The first-order valence-corrected chi connectivity index (χ1v) is 10.6. The van der Waals surface area contributed by atoms with Gasteiger partial charge in [0.25, 0.3) is 0 Å². The number of carbonyl (C=O) groups excluding carboxylic acids is 4. The first kappa shape index (κ1) is 28.5. The van der Waals surface area contributed by atoms with Gasteiger partial charge in [-0.25, -0.2) is 0 Å². The van der Waals surface area contributed by atoms with Crippen molar-refractivity contribution in [2.45, 2.75) is 46.0 Å².